The summed E-state index contributed by atoms with van der Waals surface area (Å²) in [7, 11) is 0. The molecular weight excluding hydrogens is 212 g/mol. The number of carboxylic acids is 1. The average molecular weight is 230 g/mol. The van der Waals surface area contributed by atoms with Crippen molar-refractivity contribution < 1.29 is 19.8 Å². The molecule has 92 valence electrons. The van der Waals surface area contributed by atoms with Gasteiger partial charge < -0.3 is 20.8 Å². The van der Waals surface area contributed by atoms with Crippen LogP contribution in [0.25, 0.3) is 0 Å². The Morgan fingerprint density at radius 1 is 1.56 bits per heavy atom. The van der Waals surface area contributed by atoms with Crippen molar-refractivity contribution in [2.24, 2.45) is 5.41 Å². The highest BCUT2D eigenvalue weighted by Crippen LogP contribution is 2.29. The van der Waals surface area contributed by atoms with Crippen molar-refractivity contribution in [3.05, 3.63) is 0 Å². The molecular formula is C10H18N2O4. The SMILES string of the molecule is CCC1(C(=O)N[C@H](CO)C(=O)O)CCNC1. The van der Waals surface area contributed by atoms with Crippen LogP contribution in [0.15, 0.2) is 0 Å². The third-order valence-corrected chi connectivity index (χ3v) is 3.19. The minimum Gasteiger partial charge on any atom is -0.480 e. The molecule has 1 saturated heterocycles. The highest BCUT2D eigenvalue weighted by molar-refractivity contribution is 5.87. The number of carbonyl (C=O) groups is 2. The van der Waals surface area contributed by atoms with Gasteiger partial charge in [0.15, 0.2) is 0 Å². The van der Waals surface area contributed by atoms with Crippen LogP contribution in [0, 0.1) is 5.41 Å². The predicted molar refractivity (Wildman–Crippen MR) is 56.9 cm³/mol. The molecule has 0 aromatic carbocycles. The number of carbonyl (C=O) groups excluding carboxylic acids is 1. The minimum atomic E-state index is -1.21. The third-order valence-electron chi connectivity index (χ3n) is 3.19. The van der Waals surface area contributed by atoms with E-state index in [1.807, 2.05) is 6.92 Å². The van der Waals surface area contributed by atoms with Gasteiger partial charge in [0.25, 0.3) is 0 Å². The Bertz CT molecular complexity index is 274. The summed E-state index contributed by atoms with van der Waals surface area (Å²) in [5.41, 5.74) is -0.525. The zero-order valence-corrected chi connectivity index (χ0v) is 9.32. The topological polar surface area (TPSA) is 98.7 Å². The maximum absolute atomic E-state index is 11.9. The molecule has 1 aliphatic heterocycles. The Morgan fingerprint density at radius 2 is 2.25 bits per heavy atom. The van der Waals surface area contributed by atoms with Crippen LogP contribution in [-0.2, 0) is 9.59 Å². The number of aliphatic hydroxyl groups is 1. The number of nitrogens with one attached hydrogen (secondary N) is 2. The van der Waals surface area contributed by atoms with Crippen molar-refractivity contribution in [2.45, 2.75) is 25.8 Å². The van der Waals surface area contributed by atoms with Crippen molar-refractivity contribution in [3.63, 3.8) is 0 Å². The van der Waals surface area contributed by atoms with Gasteiger partial charge in [-0.3, -0.25) is 4.79 Å². The molecule has 16 heavy (non-hydrogen) atoms. The summed E-state index contributed by atoms with van der Waals surface area (Å²) in [6.45, 7) is 2.64. The Balaban J connectivity index is 2.65. The number of hydrogen-bond donors (Lipinski definition) is 4. The Hall–Kier alpha value is -1.14. The molecule has 1 fully saturated rings. The number of rotatable bonds is 5. The van der Waals surface area contributed by atoms with E-state index in [9.17, 15) is 9.59 Å². The van der Waals surface area contributed by atoms with Gasteiger partial charge in [0.2, 0.25) is 5.91 Å². The normalized spacial score (nSPS) is 26.4. The molecule has 0 spiro atoms. The van der Waals surface area contributed by atoms with Crippen LogP contribution in [0.1, 0.15) is 19.8 Å². The Morgan fingerprint density at radius 3 is 2.62 bits per heavy atom. The van der Waals surface area contributed by atoms with E-state index in [1.165, 1.54) is 0 Å². The van der Waals surface area contributed by atoms with Crippen LogP contribution >= 0.6 is 0 Å². The number of hydrogen-bond acceptors (Lipinski definition) is 4. The predicted octanol–water partition coefficient (Wildman–Crippen LogP) is -1.06. The van der Waals surface area contributed by atoms with Gasteiger partial charge in [-0.2, -0.15) is 0 Å². The summed E-state index contributed by atoms with van der Waals surface area (Å²) in [6, 6.07) is -1.21. The van der Waals surface area contributed by atoms with Gasteiger partial charge in [-0.25, -0.2) is 4.79 Å². The van der Waals surface area contributed by atoms with E-state index < -0.39 is 24.0 Å². The first-order valence-corrected chi connectivity index (χ1v) is 5.41. The zero-order chi connectivity index (χ0) is 12.2. The first-order valence-electron chi connectivity index (χ1n) is 5.41. The van der Waals surface area contributed by atoms with Crippen molar-refractivity contribution in [1.82, 2.24) is 10.6 Å². The molecule has 2 atom stereocenters. The zero-order valence-electron chi connectivity index (χ0n) is 9.32. The van der Waals surface area contributed by atoms with E-state index >= 15 is 0 Å². The first kappa shape index (κ1) is 12.9. The molecule has 0 aromatic rings. The van der Waals surface area contributed by atoms with E-state index in [4.69, 9.17) is 10.2 Å². The first-order chi connectivity index (χ1) is 7.55. The third kappa shape index (κ3) is 2.51. The van der Waals surface area contributed by atoms with Gasteiger partial charge in [0, 0.05) is 6.54 Å². The highest BCUT2D eigenvalue weighted by atomic mass is 16.4. The van der Waals surface area contributed by atoms with Crippen LogP contribution in [0.3, 0.4) is 0 Å². The quantitative estimate of drug-likeness (QED) is 0.482. The molecule has 1 aliphatic rings. The lowest BCUT2D eigenvalue weighted by molar-refractivity contribution is -0.144. The lowest BCUT2D eigenvalue weighted by atomic mass is 9.83. The van der Waals surface area contributed by atoms with E-state index in [0.717, 1.165) is 6.54 Å². The van der Waals surface area contributed by atoms with Crippen molar-refractivity contribution in [1.29, 1.82) is 0 Å². The summed E-state index contributed by atoms with van der Waals surface area (Å²) in [6.07, 6.45) is 1.36. The standard InChI is InChI=1S/C10H18N2O4/c1-2-10(3-4-11-6-10)9(16)12-7(5-13)8(14)15/h7,11,13H,2-6H2,1H3,(H,12,16)(H,14,15)/t7-,10?/m1/s1. The van der Waals surface area contributed by atoms with Gasteiger partial charge in [0.1, 0.15) is 6.04 Å². The Labute approximate surface area is 94.0 Å². The smallest absolute Gasteiger partial charge is 0.328 e. The molecule has 0 aromatic heterocycles. The molecule has 0 radical (unpaired) electrons. The fourth-order valence-corrected chi connectivity index (χ4v) is 1.90. The van der Waals surface area contributed by atoms with Crippen LogP contribution in [0.2, 0.25) is 0 Å². The van der Waals surface area contributed by atoms with E-state index in [0.29, 0.717) is 19.4 Å². The van der Waals surface area contributed by atoms with Gasteiger partial charge >= 0.3 is 5.97 Å². The lowest BCUT2D eigenvalue weighted by Gasteiger charge is -2.26. The maximum atomic E-state index is 11.9. The average Bonchev–Trinajstić information content (AvgIpc) is 2.74. The molecule has 0 saturated carbocycles. The summed E-state index contributed by atoms with van der Waals surface area (Å²) in [5.74, 6) is -1.51. The summed E-state index contributed by atoms with van der Waals surface area (Å²) >= 11 is 0. The Kier molecular flexibility index (Phi) is 4.26. The van der Waals surface area contributed by atoms with Gasteiger partial charge in [-0.05, 0) is 19.4 Å². The molecule has 1 amide bonds. The second-order valence-electron chi connectivity index (χ2n) is 4.11. The van der Waals surface area contributed by atoms with Crippen molar-refractivity contribution in [2.75, 3.05) is 19.7 Å². The van der Waals surface area contributed by atoms with E-state index in [-0.39, 0.29) is 5.91 Å². The fourth-order valence-electron chi connectivity index (χ4n) is 1.90. The molecule has 6 heteroatoms. The van der Waals surface area contributed by atoms with Crippen LogP contribution in [0.4, 0.5) is 0 Å². The molecule has 1 heterocycles. The number of amides is 1. The second-order valence-corrected chi connectivity index (χ2v) is 4.11. The summed E-state index contributed by atoms with van der Waals surface area (Å²) < 4.78 is 0. The van der Waals surface area contributed by atoms with E-state index in [2.05, 4.69) is 10.6 Å². The molecule has 0 aliphatic carbocycles. The molecule has 6 nitrogen and oxygen atoms in total. The highest BCUT2D eigenvalue weighted by Gasteiger charge is 2.40. The van der Waals surface area contributed by atoms with E-state index in [1.54, 1.807) is 0 Å². The van der Waals surface area contributed by atoms with Crippen LogP contribution < -0.4 is 10.6 Å². The van der Waals surface area contributed by atoms with Crippen LogP contribution in [0.5, 0.6) is 0 Å². The van der Waals surface area contributed by atoms with Crippen molar-refractivity contribution in [3.8, 4) is 0 Å². The molecule has 0 bridgehead atoms. The fraction of sp³-hybridized carbons (Fsp3) is 0.800. The molecule has 4 N–H and O–H groups in total. The van der Waals surface area contributed by atoms with Crippen LogP contribution in [-0.4, -0.2) is 47.8 Å². The number of aliphatic carboxylic acids is 1. The van der Waals surface area contributed by atoms with Gasteiger partial charge in [0.05, 0.1) is 12.0 Å². The second kappa shape index (κ2) is 5.27. The minimum absolute atomic E-state index is 0.290. The largest absolute Gasteiger partial charge is 0.480 e. The number of carboxylic acid groups (broad SMARTS) is 1. The summed E-state index contributed by atoms with van der Waals surface area (Å²) in [4.78, 5) is 22.6. The monoisotopic (exact) mass is 230 g/mol. The lowest BCUT2D eigenvalue weighted by Crippen LogP contribution is -2.50. The number of aliphatic hydroxyl groups excluding tert-OH is 1. The molecule has 1 unspecified atom stereocenters. The van der Waals surface area contributed by atoms with Crippen molar-refractivity contribution >= 4 is 11.9 Å². The molecule has 1 rings (SSSR count). The maximum Gasteiger partial charge on any atom is 0.328 e. The summed E-state index contributed by atoms with van der Waals surface area (Å²) in [5, 5.41) is 23.0. The van der Waals surface area contributed by atoms with Gasteiger partial charge in [-0.1, -0.05) is 6.92 Å². The van der Waals surface area contributed by atoms with Gasteiger partial charge in [-0.15, -0.1) is 0 Å².